The number of rotatable bonds is 4. The lowest BCUT2D eigenvalue weighted by molar-refractivity contribution is -0.137. The van der Waals surface area contributed by atoms with Crippen molar-refractivity contribution in [3.05, 3.63) is 29.3 Å². The van der Waals surface area contributed by atoms with Gasteiger partial charge in [0.15, 0.2) is 6.61 Å². The number of morpholine rings is 1. The predicted molar refractivity (Wildman–Crippen MR) is 104 cm³/mol. The quantitative estimate of drug-likeness (QED) is 0.812. The van der Waals surface area contributed by atoms with Gasteiger partial charge in [-0.2, -0.15) is 0 Å². The molecule has 1 saturated heterocycles. The van der Waals surface area contributed by atoms with Crippen LogP contribution in [0.4, 0.5) is 0 Å². The highest BCUT2D eigenvalue weighted by Crippen LogP contribution is 2.60. The number of ether oxygens (including phenoxy) is 2. The topological polar surface area (TPSA) is 38.8 Å². The van der Waals surface area contributed by atoms with Gasteiger partial charge in [0.1, 0.15) is 5.75 Å². The maximum Gasteiger partial charge on any atom is 0.260 e. The molecule has 0 aromatic heterocycles. The van der Waals surface area contributed by atoms with Gasteiger partial charge in [-0.05, 0) is 85.8 Å². The van der Waals surface area contributed by atoms with Crippen LogP contribution in [0.25, 0.3) is 0 Å². The molecule has 4 nitrogen and oxygen atoms in total. The van der Waals surface area contributed by atoms with Crippen LogP contribution >= 0.6 is 0 Å². The summed E-state index contributed by atoms with van der Waals surface area (Å²) in [6.07, 6.45) is 8.58. The SMILES string of the molecule is Cc1cc(C23CC4CC(CC(C4)C2)C3)ccc1OCC(=O)N1CCOCC1. The summed E-state index contributed by atoms with van der Waals surface area (Å²) in [7, 11) is 0. The number of amides is 1. The van der Waals surface area contributed by atoms with Crippen LogP contribution < -0.4 is 4.74 Å². The van der Waals surface area contributed by atoms with Crippen LogP contribution in [0.15, 0.2) is 18.2 Å². The van der Waals surface area contributed by atoms with Gasteiger partial charge in [0.25, 0.3) is 5.91 Å². The molecule has 1 aromatic carbocycles. The number of hydrogen-bond donors (Lipinski definition) is 0. The molecule has 4 saturated carbocycles. The maximum absolute atomic E-state index is 12.3. The molecule has 1 aliphatic heterocycles. The van der Waals surface area contributed by atoms with Crippen molar-refractivity contribution in [3.8, 4) is 5.75 Å². The Hall–Kier alpha value is -1.55. The van der Waals surface area contributed by atoms with E-state index in [4.69, 9.17) is 9.47 Å². The fraction of sp³-hybridized carbons (Fsp3) is 0.696. The molecule has 4 bridgehead atoms. The van der Waals surface area contributed by atoms with Crippen LogP contribution in [0.3, 0.4) is 0 Å². The van der Waals surface area contributed by atoms with Crippen molar-refractivity contribution in [1.82, 2.24) is 4.90 Å². The van der Waals surface area contributed by atoms with E-state index in [9.17, 15) is 4.79 Å². The molecule has 0 radical (unpaired) electrons. The molecule has 146 valence electrons. The van der Waals surface area contributed by atoms with E-state index in [1.165, 1.54) is 44.1 Å². The Bertz CT molecular complexity index is 687. The number of nitrogens with zero attached hydrogens (tertiary/aromatic N) is 1. The summed E-state index contributed by atoms with van der Waals surface area (Å²) in [6, 6.07) is 6.74. The number of benzene rings is 1. The normalized spacial score (nSPS) is 34.7. The van der Waals surface area contributed by atoms with Crippen molar-refractivity contribution in [1.29, 1.82) is 0 Å². The largest absolute Gasteiger partial charge is 0.484 e. The average molecular weight is 370 g/mol. The van der Waals surface area contributed by atoms with E-state index in [-0.39, 0.29) is 12.5 Å². The minimum absolute atomic E-state index is 0.0582. The minimum atomic E-state index is 0.0582. The fourth-order valence-corrected chi connectivity index (χ4v) is 6.65. The Kier molecular flexibility index (Phi) is 4.42. The van der Waals surface area contributed by atoms with Gasteiger partial charge in [0, 0.05) is 13.1 Å². The smallest absolute Gasteiger partial charge is 0.260 e. The van der Waals surface area contributed by atoms with Gasteiger partial charge in [-0.25, -0.2) is 0 Å². The van der Waals surface area contributed by atoms with Crippen LogP contribution in [0.5, 0.6) is 5.75 Å². The summed E-state index contributed by atoms with van der Waals surface area (Å²) in [4.78, 5) is 14.2. The van der Waals surface area contributed by atoms with E-state index in [1.54, 1.807) is 0 Å². The number of carbonyl (C=O) groups is 1. The number of hydrogen-bond acceptors (Lipinski definition) is 3. The summed E-state index contributed by atoms with van der Waals surface area (Å²) in [5.41, 5.74) is 3.10. The molecule has 6 rings (SSSR count). The summed E-state index contributed by atoms with van der Waals surface area (Å²) in [5, 5.41) is 0. The standard InChI is InChI=1S/C23H31NO3/c1-16-8-20(23-12-17-9-18(13-23)11-19(10-17)14-23)2-3-21(16)27-15-22(25)24-4-6-26-7-5-24/h2-3,8,17-19H,4-7,9-15H2,1H3. The summed E-state index contributed by atoms with van der Waals surface area (Å²) < 4.78 is 11.2. The molecule has 0 atom stereocenters. The zero-order valence-electron chi connectivity index (χ0n) is 16.4. The van der Waals surface area contributed by atoms with Crippen LogP contribution in [0, 0.1) is 24.7 Å². The first-order valence-corrected chi connectivity index (χ1v) is 10.7. The summed E-state index contributed by atoms with van der Waals surface area (Å²) in [5.74, 6) is 3.78. The molecule has 4 aliphatic carbocycles. The second-order valence-corrected chi connectivity index (χ2v) is 9.46. The Morgan fingerprint density at radius 1 is 1.11 bits per heavy atom. The van der Waals surface area contributed by atoms with Gasteiger partial charge in [-0.1, -0.05) is 12.1 Å². The summed E-state index contributed by atoms with van der Waals surface area (Å²) in [6.45, 7) is 4.85. The maximum atomic E-state index is 12.3. The molecule has 1 aromatic rings. The lowest BCUT2D eigenvalue weighted by Gasteiger charge is -2.57. The van der Waals surface area contributed by atoms with Crippen molar-refractivity contribution < 1.29 is 14.3 Å². The second kappa shape index (κ2) is 6.80. The zero-order chi connectivity index (χ0) is 18.4. The van der Waals surface area contributed by atoms with Crippen molar-refractivity contribution >= 4 is 5.91 Å². The van der Waals surface area contributed by atoms with Crippen molar-refractivity contribution in [2.75, 3.05) is 32.9 Å². The third-order valence-corrected chi connectivity index (χ3v) is 7.54. The van der Waals surface area contributed by atoms with Crippen LogP contribution in [-0.2, 0) is 14.9 Å². The van der Waals surface area contributed by atoms with E-state index < -0.39 is 0 Å². The molecular weight excluding hydrogens is 338 g/mol. The third-order valence-electron chi connectivity index (χ3n) is 7.54. The molecule has 27 heavy (non-hydrogen) atoms. The first-order chi connectivity index (χ1) is 13.1. The molecular formula is C23H31NO3. The molecule has 0 N–H and O–H groups in total. The molecule has 5 aliphatic rings. The highest BCUT2D eigenvalue weighted by molar-refractivity contribution is 5.77. The molecule has 5 fully saturated rings. The Balaban J connectivity index is 1.28. The van der Waals surface area contributed by atoms with E-state index in [1.807, 2.05) is 4.90 Å². The monoisotopic (exact) mass is 369 g/mol. The van der Waals surface area contributed by atoms with Crippen molar-refractivity contribution in [2.24, 2.45) is 17.8 Å². The van der Waals surface area contributed by atoms with Gasteiger partial charge in [0.05, 0.1) is 13.2 Å². The Morgan fingerprint density at radius 2 is 1.74 bits per heavy atom. The number of aryl methyl sites for hydroxylation is 1. The van der Waals surface area contributed by atoms with E-state index >= 15 is 0 Å². The zero-order valence-corrected chi connectivity index (χ0v) is 16.4. The number of carbonyl (C=O) groups excluding carboxylic acids is 1. The molecule has 1 amide bonds. The predicted octanol–water partition coefficient (Wildman–Crippen LogP) is 3.70. The van der Waals surface area contributed by atoms with Crippen molar-refractivity contribution in [2.45, 2.75) is 50.9 Å². The lowest BCUT2D eigenvalue weighted by Crippen LogP contribution is -2.48. The molecule has 4 heteroatoms. The third kappa shape index (κ3) is 3.26. The van der Waals surface area contributed by atoms with Gasteiger partial charge in [-0.3, -0.25) is 4.79 Å². The highest BCUT2D eigenvalue weighted by Gasteiger charge is 2.51. The van der Waals surface area contributed by atoms with Crippen LogP contribution in [0.2, 0.25) is 0 Å². The molecule has 0 spiro atoms. The molecule has 0 unspecified atom stereocenters. The Labute approximate surface area is 162 Å². The van der Waals surface area contributed by atoms with E-state index in [0.29, 0.717) is 31.7 Å². The van der Waals surface area contributed by atoms with Crippen LogP contribution in [-0.4, -0.2) is 43.7 Å². The van der Waals surface area contributed by atoms with Crippen molar-refractivity contribution in [3.63, 3.8) is 0 Å². The fourth-order valence-electron chi connectivity index (χ4n) is 6.65. The lowest BCUT2D eigenvalue weighted by atomic mass is 9.48. The van der Waals surface area contributed by atoms with Gasteiger partial charge >= 0.3 is 0 Å². The van der Waals surface area contributed by atoms with E-state index in [0.717, 1.165) is 29.1 Å². The molecule has 1 heterocycles. The highest BCUT2D eigenvalue weighted by atomic mass is 16.5. The Morgan fingerprint density at radius 3 is 2.33 bits per heavy atom. The summed E-state index contributed by atoms with van der Waals surface area (Å²) >= 11 is 0. The van der Waals surface area contributed by atoms with E-state index in [2.05, 4.69) is 25.1 Å². The van der Waals surface area contributed by atoms with Gasteiger partial charge in [0.2, 0.25) is 0 Å². The van der Waals surface area contributed by atoms with Crippen LogP contribution in [0.1, 0.15) is 49.7 Å². The van der Waals surface area contributed by atoms with Gasteiger partial charge in [-0.15, -0.1) is 0 Å². The second-order valence-electron chi connectivity index (χ2n) is 9.46. The average Bonchev–Trinajstić information content (AvgIpc) is 2.66. The minimum Gasteiger partial charge on any atom is -0.484 e. The first-order valence-electron chi connectivity index (χ1n) is 10.7. The first kappa shape index (κ1) is 17.5. The van der Waals surface area contributed by atoms with Gasteiger partial charge < -0.3 is 14.4 Å².